The van der Waals surface area contributed by atoms with Gasteiger partial charge in [-0.3, -0.25) is 14.4 Å². The number of rotatable bonds is 5. The molecule has 0 bridgehead atoms. The monoisotopic (exact) mass is 383 g/mol. The van der Waals surface area contributed by atoms with Gasteiger partial charge >= 0.3 is 0 Å². The summed E-state index contributed by atoms with van der Waals surface area (Å²) in [7, 11) is 0. The van der Waals surface area contributed by atoms with Crippen molar-refractivity contribution in [1.82, 2.24) is 10.2 Å². The lowest BCUT2D eigenvalue weighted by atomic mass is 10.1. The van der Waals surface area contributed by atoms with Gasteiger partial charge in [0, 0.05) is 29.9 Å². The van der Waals surface area contributed by atoms with Gasteiger partial charge in [0.15, 0.2) is 0 Å². The number of carbonyl (C=O) groups is 3. The Morgan fingerprint density at radius 1 is 0.929 bits per heavy atom. The molecule has 28 heavy (non-hydrogen) atoms. The van der Waals surface area contributed by atoms with Gasteiger partial charge < -0.3 is 15.5 Å². The lowest BCUT2D eigenvalue weighted by molar-refractivity contribution is -0.115. The maximum atomic E-state index is 12.9. The standard InChI is InChI=1S/C21H22FN3O3/c22-17-9-7-15(8-10-17)20(27)23-14-19(26)24-18-6-4-5-16(13-18)21(28)25-11-2-1-3-12-25/h4-10,13H,1-3,11-12,14H2,(H,23,27)(H,24,26). The van der Waals surface area contributed by atoms with Crippen molar-refractivity contribution in [1.29, 1.82) is 0 Å². The second-order valence-electron chi connectivity index (χ2n) is 6.67. The molecule has 1 aliphatic rings. The van der Waals surface area contributed by atoms with Gasteiger partial charge in [-0.2, -0.15) is 0 Å². The van der Waals surface area contributed by atoms with E-state index >= 15 is 0 Å². The number of benzene rings is 2. The van der Waals surface area contributed by atoms with Crippen LogP contribution in [0, 0.1) is 5.82 Å². The van der Waals surface area contributed by atoms with Crippen LogP contribution in [0.1, 0.15) is 40.0 Å². The molecule has 1 saturated heterocycles. The number of likely N-dealkylation sites (tertiary alicyclic amines) is 1. The largest absolute Gasteiger partial charge is 0.343 e. The molecule has 2 N–H and O–H groups in total. The van der Waals surface area contributed by atoms with Crippen LogP contribution in [0.4, 0.5) is 10.1 Å². The Kier molecular flexibility index (Phi) is 6.37. The van der Waals surface area contributed by atoms with E-state index in [2.05, 4.69) is 10.6 Å². The molecule has 0 radical (unpaired) electrons. The number of carbonyl (C=O) groups excluding carboxylic acids is 3. The number of nitrogens with one attached hydrogen (secondary N) is 2. The highest BCUT2D eigenvalue weighted by atomic mass is 19.1. The first-order valence-electron chi connectivity index (χ1n) is 9.26. The fraction of sp³-hybridized carbons (Fsp3) is 0.286. The van der Waals surface area contributed by atoms with Crippen molar-refractivity contribution < 1.29 is 18.8 Å². The maximum Gasteiger partial charge on any atom is 0.253 e. The van der Waals surface area contributed by atoms with Gasteiger partial charge in [-0.25, -0.2) is 4.39 Å². The van der Waals surface area contributed by atoms with Crippen LogP contribution in [0.25, 0.3) is 0 Å². The molecular weight excluding hydrogens is 361 g/mol. The topological polar surface area (TPSA) is 78.5 Å². The summed E-state index contributed by atoms with van der Waals surface area (Å²) in [6, 6.07) is 11.8. The average molecular weight is 383 g/mol. The third kappa shape index (κ3) is 5.16. The number of amides is 3. The molecule has 0 spiro atoms. The number of hydrogen-bond acceptors (Lipinski definition) is 3. The number of anilines is 1. The molecule has 1 heterocycles. The van der Waals surface area contributed by atoms with Gasteiger partial charge in [0.05, 0.1) is 6.54 Å². The number of nitrogens with zero attached hydrogens (tertiary/aromatic N) is 1. The molecule has 1 aliphatic heterocycles. The van der Waals surface area contributed by atoms with Gasteiger partial charge in [-0.05, 0) is 61.7 Å². The van der Waals surface area contributed by atoms with Crippen molar-refractivity contribution in [3.8, 4) is 0 Å². The van der Waals surface area contributed by atoms with Gasteiger partial charge in [-0.15, -0.1) is 0 Å². The molecule has 0 unspecified atom stereocenters. The molecule has 3 rings (SSSR count). The van der Waals surface area contributed by atoms with E-state index in [0.29, 0.717) is 11.3 Å². The van der Waals surface area contributed by atoms with Crippen LogP contribution in [-0.4, -0.2) is 42.3 Å². The fourth-order valence-electron chi connectivity index (χ4n) is 3.08. The minimum atomic E-state index is -0.468. The Bertz CT molecular complexity index is 861. The van der Waals surface area contributed by atoms with E-state index in [9.17, 15) is 18.8 Å². The summed E-state index contributed by atoms with van der Waals surface area (Å²) in [5.41, 5.74) is 1.28. The minimum Gasteiger partial charge on any atom is -0.343 e. The fourth-order valence-corrected chi connectivity index (χ4v) is 3.08. The maximum absolute atomic E-state index is 12.9. The molecule has 2 aromatic rings. The van der Waals surface area contributed by atoms with E-state index in [1.54, 1.807) is 24.3 Å². The van der Waals surface area contributed by atoms with Crippen LogP contribution in [-0.2, 0) is 4.79 Å². The lowest BCUT2D eigenvalue weighted by Crippen LogP contribution is -2.35. The highest BCUT2D eigenvalue weighted by Crippen LogP contribution is 2.16. The summed E-state index contributed by atoms with van der Waals surface area (Å²) in [5.74, 6) is -1.36. The molecule has 1 fully saturated rings. The number of piperidine rings is 1. The second kappa shape index (κ2) is 9.12. The molecule has 0 saturated carbocycles. The zero-order valence-corrected chi connectivity index (χ0v) is 15.4. The molecule has 2 aromatic carbocycles. The molecule has 7 heteroatoms. The van der Waals surface area contributed by atoms with Gasteiger partial charge in [0.1, 0.15) is 5.82 Å². The predicted molar refractivity (Wildman–Crippen MR) is 104 cm³/mol. The van der Waals surface area contributed by atoms with Crippen molar-refractivity contribution in [2.45, 2.75) is 19.3 Å². The molecule has 6 nitrogen and oxygen atoms in total. The molecule has 0 atom stereocenters. The smallest absolute Gasteiger partial charge is 0.253 e. The highest BCUT2D eigenvalue weighted by molar-refractivity contribution is 6.00. The summed E-state index contributed by atoms with van der Waals surface area (Å²) in [6.45, 7) is 1.27. The second-order valence-corrected chi connectivity index (χ2v) is 6.67. The van der Waals surface area contributed by atoms with E-state index < -0.39 is 17.6 Å². The summed E-state index contributed by atoms with van der Waals surface area (Å²) in [6.07, 6.45) is 3.16. The SMILES string of the molecule is O=C(CNC(=O)c1ccc(F)cc1)Nc1cccc(C(=O)N2CCCCC2)c1. The van der Waals surface area contributed by atoms with Crippen LogP contribution in [0.2, 0.25) is 0 Å². The molecule has 0 aromatic heterocycles. The Hall–Kier alpha value is -3.22. The van der Waals surface area contributed by atoms with E-state index in [-0.39, 0.29) is 18.0 Å². The van der Waals surface area contributed by atoms with Crippen molar-refractivity contribution >= 4 is 23.4 Å². The van der Waals surface area contributed by atoms with Crippen LogP contribution < -0.4 is 10.6 Å². The predicted octanol–water partition coefficient (Wildman–Crippen LogP) is 2.82. The van der Waals surface area contributed by atoms with Crippen molar-refractivity contribution in [2.75, 3.05) is 25.0 Å². The summed E-state index contributed by atoms with van der Waals surface area (Å²) >= 11 is 0. The minimum absolute atomic E-state index is 0.0413. The summed E-state index contributed by atoms with van der Waals surface area (Å²) < 4.78 is 12.9. The Morgan fingerprint density at radius 3 is 2.36 bits per heavy atom. The highest BCUT2D eigenvalue weighted by Gasteiger charge is 2.18. The zero-order chi connectivity index (χ0) is 19.9. The number of halogens is 1. The van der Waals surface area contributed by atoms with Crippen LogP contribution in [0.15, 0.2) is 48.5 Å². The van der Waals surface area contributed by atoms with Crippen LogP contribution in [0.3, 0.4) is 0 Å². The molecule has 0 aliphatic carbocycles. The third-order valence-corrected chi connectivity index (χ3v) is 4.55. The van der Waals surface area contributed by atoms with Crippen molar-refractivity contribution in [3.63, 3.8) is 0 Å². The van der Waals surface area contributed by atoms with Crippen LogP contribution in [0.5, 0.6) is 0 Å². The molecular formula is C21H22FN3O3. The number of hydrogen-bond donors (Lipinski definition) is 2. The Labute approximate surface area is 162 Å². The third-order valence-electron chi connectivity index (χ3n) is 4.55. The quantitative estimate of drug-likeness (QED) is 0.833. The van der Waals surface area contributed by atoms with E-state index in [4.69, 9.17) is 0 Å². The molecule has 146 valence electrons. The van der Waals surface area contributed by atoms with E-state index in [1.165, 1.54) is 24.3 Å². The normalized spacial score (nSPS) is 13.7. The summed E-state index contributed by atoms with van der Waals surface area (Å²) in [4.78, 5) is 38.5. The Morgan fingerprint density at radius 2 is 1.64 bits per heavy atom. The Balaban J connectivity index is 1.54. The van der Waals surface area contributed by atoms with E-state index in [1.807, 2.05) is 4.90 Å². The lowest BCUT2D eigenvalue weighted by Gasteiger charge is -2.26. The average Bonchev–Trinajstić information content (AvgIpc) is 2.73. The van der Waals surface area contributed by atoms with Gasteiger partial charge in [0.25, 0.3) is 11.8 Å². The van der Waals surface area contributed by atoms with Crippen molar-refractivity contribution in [2.24, 2.45) is 0 Å². The van der Waals surface area contributed by atoms with Gasteiger partial charge in [-0.1, -0.05) is 6.07 Å². The first-order valence-corrected chi connectivity index (χ1v) is 9.26. The first-order chi connectivity index (χ1) is 13.5. The van der Waals surface area contributed by atoms with Gasteiger partial charge in [0.2, 0.25) is 5.91 Å². The van der Waals surface area contributed by atoms with E-state index in [0.717, 1.165) is 32.4 Å². The zero-order valence-electron chi connectivity index (χ0n) is 15.4. The first kappa shape index (κ1) is 19.5. The molecule has 3 amide bonds. The summed E-state index contributed by atoms with van der Waals surface area (Å²) in [5, 5.41) is 5.15. The van der Waals surface area contributed by atoms with Crippen LogP contribution >= 0.6 is 0 Å². The van der Waals surface area contributed by atoms with Crippen molar-refractivity contribution in [3.05, 3.63) is 65.5 Å².